The van der Waals surface area contributed by atoms with E-state index in [4.69, 9.17) is 0 Å². The third-order valence-corrected chi connectivity index (χ3v) is 4.59. The van der Waals surface area contributed by atoms with Gasteiger partial charge >= 0.3 is 0 Å². The molecule has 0 aromatic carbocycles. The second-order valence-electron chi connectivity index (χ2n) is 6.30. The first kappa shape index (κ1) is 17.5. The van der Waals surface area contributed by atoms with Gasteiger partial charge in [-0.15, -0.1) is 0 Å². The van der Waals surface area contributed by atoms with Crippen LogP contribution in [0.2, 0.25) is 0 Å². The quantitative estimate of drug-likeness (QED) is 0.429. The summed E-state index contributed by atoms with van der Waals surface area (Å²) in [6.07, 6.45) is 9.50. The lowest BCUT2D eigenvalue weighted by Crippen LogP contribution is -2.29. The number of hydrogen-bond acceptors (Lipinski definition) is 6. The smallest absolute Gasteiger partial charge is 0.295 e. The molecule has 0 bridgehead atoms. The van der Waals surface area contributed by atoms with Gasteiger partial charge in [-0.25, -0.2) is 0 Å². The zero-order chi connectivity index (χ0) is 19.5. The van der Waals surface area contributed by atoms with Gasteiger partial charge in [0.1, 0.15) is 5.76 Å². The maximum absolute atomic E-state index is 12.8. The van der Waals surface area contributed by atoms with Crippen molar-refractivity contribution >= 4 is 17.4 Å². The number of amides is 1. The van der Waals surface area contributed by atoms with Crippen LogP contribution in [0.15, 0.2) is 79.2 Å². The molecule has 7 nitrogen and oxygen atoms in total. The number of Topliss-reactive ketones (excluding diaryl/α,β-unsaturated/α-hetero) is 1. The molecule has 0 aliphatic carbocycles. The maximum atomic E-state index is 12.8. The van der Waals surface area contributed by atoms with Crippen molar-refractivity contribution < 1.29 is 14.7 Å². The standard InChI is InChI=1S/C21H16N4O3/c26-19(16-5-10-23-11-6-16)17-18(15-3-8-22-9-4-15)25(21(28)20(17)27)13-14-2-1-7-24-12-14/h1-12,18,26H,13H2/b19-17+. The van der Waals surface area contributed by atoms with E-state index >= 15 is 0 Å². The number of aliphatic hydroxyl groups excluding tert-OH is 1. The van der Waals surface area contributed by atoms with Gasteiger partial charge in [0.05, 0.1) is 11.6 Å². The van der Waals surface area contributed by atoms with Gasteiger partial charge in [-0.05, 0) is 41.5 Å². The zero-order valence-corrected chi connectivity index (χ0v) is 14.8. The monoisotopic (exact) mass is 372 g/mol. The van der Waals surface area contributed by atoms with E-state index in [2.05, 4.69) is 15.0 Å². The van der Waals surface area contributed by atoms with E-state index in [1.807, 2.05) is 6.07 Å². The van der Waals surface area contributed by atoms with Crippen LogP contribution in [0.5, 0.6) is 0 Å². The van der Waals surface area contributed by atoms with E-state index < -0.39 is 17.7 Å². The SMILES string of the molecule is O=C1C(=O)N(Cc2cccnc2)C(c2ccncc2)/C1=C(\O)c1ccncc1. The molecule has 0 radical (unpaired) electrons. The van der Waals surface area contributed by atoms with E-state index in [1.54, 1.807) is 55.1 Å². The molecule has 1 aliphatic rings. The van der Waals surface area contributed by atoms with Crippen LogP contribution < -0.4 is 0 Å². The molecule has 1 saturated heterocycles. The van der Waals surface area contributed by atoms with Crippen molar-refractivity contribution in [1.29, 1.82) is 0 Å². The van der Waals surface area contributed by atoms with Crippen LogP contribution in [0.25, 0.3) is 5.76 Å². The lowest BCUT2D eigenvalue weighted by atomic mass is 9.96. The van der Waals surface area contributed by atoms with Crippen LogP contribution >= 0.6 is 0 Å². The lowest BCUT2D eigenvalue weighted by Gasteiger charge is -2.25. The Morgan fingerprint density at radius 1 is 0.929 bits per heavy atom. The van der Waals surface area contributed by atoms with Gasteiger partial charge in [-0.1, -0.05) is 6.07 Å². The Hall–Kier alpha value is -3.87. The Balaban J connectivity index is 1.85. The van der Waals surface area contributed by atoms with Crippen LogP contribution in [0.3, 0.4) is 0 Å². The molecule has 28 heavy (non-hydrogen) atoms. The highest BCUT2D eigenvalue weighted by Crippen LogP contribution is 2.39. The molecule has 1 atom stereocenters. The summed E-state index contributed by atoms with van der Waals surface area (Å²) >= 11 is 0. The summed E-state index contributed by atoms with van der Waals surface area (Å²) in [5, 5.41) is 10.8. The molecular weight excluding hydrogens is 356 g/mol. The van der Waals surface area contributed by atoms with Gasteiger partial charge in [0.15, 0.2) is 0 Å². The number of likely N-dealkylation sites (tertiary alicyclic amines) is 1. The van der Waals surface area contributed by atoms with Crippen molar-refractivity contribution in [1.82, 2.24) is 19.9 Å². The fraction of sp³-hybridized carbons (Fsp3) is 0.0952. The third-order valence-electron chi connectivity index (χ3n) is 4.59. The fourth-order valence-electron chi connectivity index (χ4n) is 3.29. The predicted molar refractivity (Wildman–Crippen MR) is 101 cm³/mol. The molecule has 1 N–H and O–H groups in total. The Bertz CT molecular complexity index is 1040. The first-order chi connectivity index (χ1) is 13.7. The van der Waals surface area contributed by atoms with Crippen LogP contribution in [-0.4, -0.2) is 36.6 Å². The van der Waals surface area contributed by atoms with E-state index in [1.165, 1.54) is 17.3 Å². The zero-order valence-electron chi connectivity index (χ0n) is 14.8. The number of aromatic nitrogens is 3. The highest BCUT2D eigenvalue weighted by atomic mass is 16.3. The highest BCUT2D eigenvalue weighted by Gasteiger charge is 2.46. The molecule has 1 aliphatic heterocycles. The summed E-state index contributed by atoms with van der Waals surface area (Å²) in [4.78, 5) is 39.1. The Morgan fingerprint density at radius 3 is 2.25 bits per heavy atom. The molecule has 0 saturated carbocycles. The average Bonchev–Trinajstić information content (AvgIpc) is 3.00. The van der Waals surface area contributed by atoms with Crippen molar-refractivity contribution in [2.45, 2.75) is 12.6 Å². The molecule has 1 unspecified atom stereocenters. The molecule has 4 heterocycles. The molecular formula is C21H16N4O3. The van der Waals surface area contributed by atoms with Crippen LogP contribution in [0, 0.1) is 0 Å². The van der Waals surface area contributed by atoms with Crippen LogP contribution in [0.1, 0.15) is 22.7 Å². The summed E-state index contributed by atoms with van der Waals surface area (Å²) < 4.78 is 0. The summed E-state index contributed by atoms with van der Waals surface area (Å²) in [7, 11) is 0. The Labute approximate surface area is 161 Å². The van der Waals surface area contributed by atoms with Crippen molar-refractivity contribution in [3.05, 3.63) is 95.8 Å². The molecule has 138 valence electrons. The van der Waals surface area contributed by atoms with E-state index in [0.29, 0.717) is 11.1 Å². The van der Waals surface area contributed by atoms with Crippen LogP contribution in [0.4, 0.5) is 0 Å². The number of aliphatic hydroxyl groups is 1. The molecule has 1 fully saturated rings. The first-order valence-corrected chi connectivity index (χ1v) is 8.64. The van der Waals surface area contributed by atoms with Gasteiger partial charge in [0.2, 0.25) is 0 Å². The number of hydrogen-bond donors (Lipinski definition) is 1. The van der Waals surface area contributed by atoms with Crippen molar-refractivity contribution in [3.8, 4) is 0 Å². The number of ketones is 1. The number of carbonyl (C=O) groups excluding carboxylic acids is 2. The van der Waals surface area contributed by atoms with E-state index in [9.17, 15) is 14.7 Å². The van der Waals surface area contributed by atoms with E-state index in [-0.39, 0.29) is 17.9 Å². The minimum atomic E-state index is -0.726. The number of carbonyl (C=O) groups is 2. The van der Waals surface area contributed by atoms with Gasteiger partial charge in [0.25, 0.3) is 11.7 Å². The molecule has 7 heteroatoms. The summed E-state index contributed by atoms with van der Waals surface area (Å²) in [5.74, 6) is -1.61. The molecule has 1 amide bonds. The van der Waals surface area contributed by atoms with Crippen molar-refractivity contribution in [2.24, 2.45) is 0 Å². The minimum Gasteiger partial charge on any atom is -0.507 e. The van der Waals surface area contributed by atoms with Gasteiger partial charge in [-0.2, -0.15) is 0 Å². The van der Waals surface area contributed by atoms with Gasteiger partial charge < -0.3 is 10.0 Å². The lowest BCUT2D eigenvalue weighted by molar-refractivity contribution is -0.140. The molecule has 4 rings (SSSR count). The van der Waals surface area contributed by atoms with Gasteiger partial charge in [-0.3, -0.25) is 24.5 Å². The average molecular weight is 372 g/mol. The first-order valence-electron chi connectivity index (χ1n) is 8.64. The van der Waals surface area contributed by atoms with Crippen molar-refractivity contribution in [2.75, 3.05) is 0 Å². The number of nitrogens with zero attached hydrogens (tertiary/aromatic N) is 4. The largest absolute Gasteiger partial charge is 0.507 e. The number of pyridine rings is 3. The van der Waals surface area contributed by atoms with Crippen LogP contribution in [-0.2, 0) is 16.1 Å². The predicted octanol–water partition coefficient (Wildman–Crippen LogP) is 2.49. The minimum absolute atomic E-state index is 0.0475. The molecule has 0 spiro atoms. The second kappa shape index (κ2) is 7.40. The molecule has 3 aromatic rings. The Kier molecular flexibility index (Phi) is 4.63. The van der Waals surface area contributed by atoms with Gasteiger partial charge in [0, 0.05) is 49.3 Å². The molecule has 3 aromatic heterocycles. The Morgan fingerprint density at radius 2 is 1.61 bits per heavy atom. The summed E-state index contributed by atoms with van der Waals surface area (Å²) in [6.45, 7) is 0.193. The second-order valence-corrected chi connectivity index (χ2v) is 6.30. The summed E-state index contributed by atoms with van der Waals surface area (Å²) in [6, 6.07) is 9.51. The maximum Gasteiger partial charge on any atom is 0.295 e. The summed E-state index contributed by atoms with van der Waals surface area (Å²) in [5.41, 5.74) is 1.95. The normalized spacial score (nSPS) is 18.4. The highest BCUT2D eigenvalue weighted by molar-refractivity contribution is 6.46. The van der Waals surface area contributed by atoms with Crippen molar-refractivity contribution in [3.63, 3.8) is 0 Å². The van der Waals surface area contributed by atoms with E-state index in [0.717, 1.165) is 5.56 Å². The fourth-order valence-corrected chi connectivity index (χ4v) is 3.29. The number of rotatable bonds is 4. The third kappa shape index (κ3) is 3.14. The topological polar surface area (TPSA) is 96.3 Å².